The first-order chi connectivity index (χ1) is 11.1. The highest BCUT2D eigenvalue weighted by molar-refractivity contribution is 6.14. The monoisotopic (exact) mass is 345 g/mol. The molecule has 3 rings (SSSR count). The highest BCUT2D eigenvalue weighted by Crippen LogP contribution is 2.32. The van der Waals surface area contributed by atoms with Crippen LogP contribution in [0.4, 0.5) is 5.69 Å². The molecule has 0 aliphatic rings. The number of aromatic nitrogens is 2. The maximum atomic E-state index is 12.7. The van der Waals surface area contributed by atoms with Crippen molar-refractivity contribution in [2.75, 3.05) is 20.0 Å². The lowest BCUT2D eigenvalue weighted by molar-refractivity contribution is 0.103. The molecule has 0 saturated heterocycles. The highest BCUT2D eigenvalue weighted by Gasteiger charge is 2.17. The second-order valence-electron chi connectivity index (χ2n) is 4.90. The van der Waals surface area contributed by atoms with Gasteiger partial charge in [-0.3, -0.25) is 4.79 Å². The molecule has 2 aromatic carbocycles. The molecule has 1 heterocycles. The second-order valence-corrected chi connectivity index (χ2v) is 4.90. The number of hydrogen-bond donors (Lipinski definition) is 1. The summed E-state index contributed by atoms with van der Waals surface area (Å²) in [5.41, 5.74) is 7.68. The number of halogens is 1. The zero-order chi connectivity index (χ0) is 16.4. The zero-order valence-electron chi connectivity index (χ0n) is 13.1. The minimum absolute atomic E-state index is 0. The van der Waals surface area contributed by atoms with Crippen LogP contribution in [0.3, 0.4) is 0 Å². The van der Waals surface area contributed by atoms with Gasteiger partial charge in [0.15, 0.2) is 11.5 Å². The Morgan fingerprint density at radius 2 is 1.62 bits per heavy atom. The van der Waals surface area contributed by atoms with E-state index in [2.05, 4.69) is 9.97 Å². The van der Waals surface area contributed by atoms with Crippen LogP contribution in [0.2, 0.25) is 0 Å². The Labute approximate surface area is 145 Å². The van der Waals surface area contributed by atoms with Gasteiger partial charge < -0.3 is 15.2 Å². The molecule has 0 unspecified atom stereocenters. The van der Waals surface area contributed by atoms with Crippen molar-refractivity contribution in [3.05, 3.63) is 54.0 Å². The summed E-state index contributed by atoms with van der Waals surface area (Å²) in [6.45, 7) is 0. The molecule has 0 saturated carbocycles. The minimum atomic E-state index is -0.204. The van der Waals surface area contributed by atoms with Crippen LogP contribution in [0.15, 0.2) is 42.7 Å². The van der Waals surface area contributed by atoms with Crippen LogP contribution in [0.5, 0.6) is 11.5 Å². The van der Waals surface area contributed by atoms with E-state index >= 15 is 0 Å². The molecule has 0 aliphatic carbocycles. The van der Waals surface area contributed by atoms with Gasteiger partial charge in [-0.15, -0.1) is 12.4 Å². The van der Waals surface area contributed by atoms with Crippen LogP contribution >= 0.6 is 12.4 Å². The van der Waals surface area contributed by atoms with Gasteiger partial charge in [-0.1, -0.05) is 0 Å². The van der Waals surface area contributed by atoms with E-state index in [0.29, 0.717) is 39.3 Å². The summed E-state index contributed by atoms with van der Waals surface area (Å²) < 4.78 is 10.6. The lowest BCUT2D eigenvalue weighted by Gasteiger charge is -2.10. The third-order valence-electron chi connectivity index (χ3n) is 3.53. The van der Waals surface area contributed by atoms with Crippen molar-refractivity contribution in [1.82, 2.24) is 9.97 Å². The molecule has 0 spiro atoms. The maximum absolute atomic E-state index is 12.7. The summed E-state index contributed by atoms with van der Waals surface area (Å²) >= 11 is 0. The van der Waals surface area contributed by atoms with Crippen molar-refractivity contribution in [1.29, 1.82) is 0 Å². The van der Waals surface area contributed by atoms with Gasteiger partial charge in [-0.2, -0.15) is 0 Å². The number of methoxy groups -OCH3 is 2. The molecule has 0 bridgehead atoms. The summed E-state index contributed by atoms with van der Waals surface area (Å²) in [5, 5.41) is 0.604. The topological polar surface area (TPSA) is 87.3 Å². The predicted octanol–water partition coefficient (Wildman–Crippen LogP) is 2.88. The normalized spacial score (nSPS) is 10.1. The van der Waals surface area contributed by atoms with E-state index in [4.69, 9.17) is 15.2 Å². The summed E-state index contributed by atoms with van der Waals surface area (Å²) in [6.07, 6.45) is 1.36. The van der Waals surface area contributed by atoms with Crippen molar-refractivity contribution < 1.29 is 14.3 Å². The molecule has 2 N–H and O–H groups in total. The van der Waals surface area contributed by atoms with Gasteiger partial charge >= 0.3 is 0 Å². The molecule has 0 fully saturated rings. The maximum Gasteiger partial charge on any atom is 0.212 e. The summed E-state index contributed by atoms with van der Waals surface area (Å²) in [7, 11) is 3.08. The van der Waals surface area contributed by atoms with Crippen molar-refractivity contribution in [3.8, 4) is 11.5 Å². The first-order valence-electron chi connectivity index (χ1n) is 6.91. The van der Waals surface area contributed by atoms with E-state index in [9.17, 15) is 4.79 Å². The van der Waals surface area contributed by atoms with Crippen molar-refractivity contribution in [2.24, 2.45) is 0 Å². The summed E-state index contributed by atoms with van der Waals surface area (Å²) in [5.74, 6) is 0.857. The predicted molar refractivity (Wildman–Crippen MR) is 94.2 cm³/mol. The minimum Gasteiger partial charge on any atom is -0.493 e. The number of carbonyl (C=O) groups excluding carboxylic acids is 1. The Balaban J connectivity index is 0.00000208. The molecule has 24 heavy (non-hydrogen) atoms. The first-order valence-corrected chi connectivity index (χ1v) is 6.91. The smallest absolute Gasteiger partial charge is 0.212 e. The van der Waals surface area contributed by atoms with Crippen LogP contribution in [0.25, 0.3) is 10.9 Å². The van der Waals surface area contributed by atoms with Crippen LogP contribution < -0.4 is 15.2 Å². The van der Waals surface area contributed by atoms with E-state index < -0.39 is 0 Å². The molecule has 0 atom stereocenters. The third-order valence-corrected chi connectivity index (χ3v) is 3.53. The van der Waals surface area contributed by atoms with E-state index in [1.807, 2.05) is 0 Å². The highest BCUT2D eigenvalue weighted by atomic mass is 35.5. The van der Waals surface area contributed by atoms with Gasteiger partial charge in [-0.25, -0.2) is 9.97 Å². The van der Waals surface area contributed by atoms with Gasteiger partial charge in [0.25, 0.3) is 0 Å². The van der Waals surface area contributed by atoms with Crippen LogP contribution in [-0.2, 0) is 0 Å². The molecule has 0 aliphatic heterocycles. The second kappa shape index (κ2) is 7.14. The molecule has 0 amide bonds. The van der Waals surface area contributed by atoms with Crippen molar-refractivity contribution in [3.63, 3.8) is 0 Å². The number of rotatable bonds is 4. The SMILES string of the molecule is COc1cc2ncnc(C(=O)c3ccc(N)cc3)c2cc1OC.Cl. The van der Waals surface area contributed by atoms with E-state index in [0.717, 1.165) is 0 Å². The molecule has 124 valence electrons. The van der Waals surface area contributed by atoms with Crippen molar-refractivity contribution >= 4 is 34.8 Å². The van der Waals surface area contributed by atoms with E-state index in [-0.39, 0.29) is 18.2 Å². The Morgan fingerprint density at radius 3 is 2.25 bits per heavy atom. The fourth-order valence-electron chi connectivity index (χ4n) is 2.34. The molecule has 6 nitrogen and oxygen atoms in total. The Morgan fingerprint density at radius 1 is 1.00 bits per heavy atom. The van der Waals surface area contributed by atoms with Gasteiger partial charge in [0.2, 0.25) is 5.78 Å². The summed E-state index contributed by atoms with van der Waals surface area (Å²) in [4.78, 5) is 21.1. The fourth-order valence-corrected chi connectivity index (χ4v) is 2.34. The number of ether oxygens (including phenoxy) is 2. The number of nitrogen functional groups attached to an aromatic ring is 1. The van der Waals surface area contributed by atoms with E-state index in [1.165, 1.54) is 13.4 Å². The average Bonchev–Trinajstić information content (AvgIpc) is 2.60. The molecular formula is C17H16ClN3O3. The van der Waals surface area contributed by atoms with Crippen LogP contribution in [0.1, 0.15) is 16.1 Å². The van der Waals surface area contributed by atoms with Gasteiger partial charge in [0, 0.05) is 22.7 Å². The Kier molecular flexibility index (Phi) is 5.21. The third kappa shape index (κ3) is 3.09. The van der Waals surface area contributed by atoms with Crippen LogP contribution in [0, 0.1) is 0 Å². The van der Waals surface area contributed by atoms with Gasteiger partial charge in [0.1, 0.15) is 12.0 Å². The van der Waals surface area contributed by atoms with Gasteiger partial charge in [0.05, 0.1) is 19.7 Å². The number of benzene rings is 2. The Bertz CT molecular complexity index is 882. The molecule has 3 aromatic rings. The standard InChI is InChI=1S/C17H15N3O3.ClH/c1-22-14-7-12-13(8-15(14)23-2)19-9-20-16(12)17(21)10-3-5-11(18)6-4-10;/h3-9H,18H2,1-2H3;1H. The fraction of sp³-hybridized carbons (Fsp3) is 0.118. The first kappa shape index (κ1) is 17.5. The lowest BCUT2D eigenvalue weighted by Crippen LogP contribution is -2.06. The summed E-state index contributed by atoms with van der Waals surface area (Å²) in [6, 6.07) is 10.1. The number of nitrogens with zero attached hydrogens (tertiary/aromatic N) is 2. The van der Waals surface area contributed by atoms with Crippen LogP contribution in [-0.4, -0.2) is 30.0 Å². The van der Waals surface area contributed by atoms with Crippen molar-refractivity contribution in [2.45, 2.75) is 0 Å². The molecule has 1 aromatic heterocycles. The number of hydrogen-bond acceptors (Lipinski definition) is 6. The number of anilines is 1. The average molecular weight is 346 g/mol. The number of carbonyl (C=O) groups is 1. The largest absolute Gasteiger partial charge is 0.493 e. The quantitative estimate of drug-likeness (QED) is 0.578. The number of nitrogens with two attached hydrogens (primary N) is 1. The van der Waals surface area contributed by atoms with E-state index in [1.54, 1.807) is 43.5 Å². The lowest BCUT2D eigenvalue weighted by atomic mass is 10.0. The molecule has 0 radical (unpaired) electrons. The number of fused-ring (bicyclic) bond motifs is 1. The molecular weight excluding hydrogens is 330 g/mol. The molecule has 7 heteroatoms. The Hall–Kier alpha value is -2.86. The van der Waals surface area contributed by atoms with Gasteiger partial charge in [-0.05, 0) is 30.3 Å². The zero-order valence-corrected chi connectivity index (χ0v) is 14.0. The number of ketones is 1.